The zero-order valence-corrected chi connectivity index (χ0v) is 16.6. The number of halogens is 1. The van der Waals surface area contributed by atoms with E-state index in [1.807, 2.05) is 13.0 Å². The standard InChI is InChI=1S/C18H17BrN4O5/c1-2-21(16-8-5-12(19)11-20-16)17(24)4-3-9-22-14-7-6-13(23(26)27)10-15(14)28-18(22)25/h5-8,10-11H,2-4,9H2,1H3. The summed E-state index contributed by atoms with van der Waals surface area (Å²) in [5, 5.41) is 10.8. The number of non-ortho nitro benzene ring substituents is 1. The number of carbonyl (C=O) groups excluding carboxylic acids is 1. The first-order valence-electron chi connectivity index (χ1n) is 8.60. The predicted molar refractivity (Wildman–Crippen MR) is 106 cm³/mol. The lowest BCUT2D eigenvalue weighted by Gasteiger charge is -2.19. The number of nitrogens with zero attached hydrogens (tertiary/aromatic N) is 4. The maximum atomic E-state index is 12.5. The predicted octanol–water partition coefficient (Wildman–Crippen LogP) is 3.49. The Bertz CT molecular complexity index is 1070. The highest BCUT2D eigenvalue weighted by Gasteiger charge is 2.17. The van der Waals surface area contributed by atoms with E-state index in [1.165, 1.54) is 22.8 Å². The molecule has 0 aliphatic carbocycles. The highest BCUT2D eigenvalue weighted by molar-refractivity contribution is 9.10. The number of rotatable bonds is 7. The van der Waals surface area contributed by atoms with E-state index in [0.29, 0.717) is 24.3 Å². The molecule has 9 nitrogen and oxygen atoms in total. The minimum atomic E-state index is -0.607. The third kappa shape index (κ3) is 4.11. The van der Waals surface area contributed by atoms with Gasteiger partial charge in [0.05, 0.1) is 16.5 Å². The first-order valence-corrected chi connectivity index (χ1v) is 9.39. The molecule has 1 amide bonds. The Hall–Kier alpha value is -3.01. The molecule has 28 heavy (non-hydrogen) atoms. The minimum absolute atomic E-state index is 0.103. The van der Waals surface area contributed by atoms with Crippen LogP contribution in [-0.2, 0) is 11.3 Å². The van der Waals surface area contributed by atoms with Gasteiger partial charge < -0.3 is 4.42 Å². The molecule has 146 valence electrons. The van der Waals surface area contributed by atoms with Gasteiger partial charge in [-0.2, -0.15) is 0 Å². The van der Waals surface area contributed by atoms with Crippen LogP contribution < -0.4 is 10.7 Å². The largest absolute Gasteiger partial charge is 0.419 e. The van der Waals surface area contributed by atoms with Crippen molar-refractivity contribution in [3.05, 3.63) is 61.7 Å². The molecule has 3 rings (SSSR count). The van der Waals surface area contributed by atoms with Crippen molar-refractivity contribution in [1.82, 2.24) is 9.55 Å². The van der Waals surface area contributed by atoms with E-state index in [1.54, 1.807) is 17.2 Å². The molecule has 0 fully saturated rings. The van der Waals surface area contributed by atoms with Gasteiger partial charge in [-0.15, -0.1) is 0 Å². The highest BCUT2D eigenvalue weighted by atomic mass is 79.9. The number of aromatic nitrogens is 2. The van der Waals surface area contributed by atoms with Crippen molar-refractivity contribution < 1.29 is 14.1 Å². The third-order valence-electron chi connectivity index (χ3n) is 4.24. The molecule has 0 unspecified atom stereocenters. The molecule has 0 spiro atoms. The summed E-state index contributed by atoms with van der Waals surface area (Å²) in [5.74, 6) is -0.146. The highest BCUT2D eigenvalue weighted by Crippen LogP contribution is 2.21. The van der Waals surface area contributed by atoms with E-state index in [-0.39, 0.29) is 30.1 Å². The van der Waals surface area contributed by atoms with E-state index < -0.39 is 10.7 Å². The monoisotopic (exact) mass is 448 g/mol. The fraction of sp³-hybridized carbons (Fsp3) is 0.278. The zero-order chi connectivity index (χ0) is 20.3. The second-order valence-corrected chi connectivity index (χ2v) is 6.92. The molecule has 2 aromatic heterocycles. The van der Waals surface area contributed by atoms with Crippen LogP contribution in [-0.4, -0.2) is 26.9 Å². The summed E-state index contributed by atoms with van der Waals surface area (Å²) in [7, 11) is 0. The number of nitro groups is 1. The second kappa shape index (κ2) is 8.34. The molecule has 1 aromatic carbocycles. The number of pyridine rings is 1. The smallest absolute Gasteiger partial charge is 0.407 e. The number of oxazole rings is 1. The van der Waals surface area contributed by atoms with Gasteiger partial charge in [0.15, 0.2) is 5.58 Å². The number of nitro benzene ring substituents is 1. The summed E-state index contributed by atoms with van der Waals surface area (Å²) in [6.07, 6.45) is 2.26. The van der Waals surface area contributed by atoms with Gasteiger partial charge >= 0.3 is 5.76 Å². The van der Waals surface area contributed by atoms with Gasteiger partial charge in [0.2, 0.25) is 5.91 Å². The lowest BCUT2D eigenvalue weighted by atomic mass is 10.2. The van der Waals surface area contributed by atoms with Gasteiger partial charge in [-0.3, -0.25) is 24.4 Å². The Morgan fingerprint density at radius 3 is 2.79 bits per heavy atom. The van der Waals surface area contributed by atoms with E-state index in [0.717, 1.165) is 4.47 Å². The Labute approximate surface area is 167 Å². The van der Waals surface area contributed by atoms with Crippen molar-refractivity contribution in [2.75, 3.05) is 11.4 Å². The molecule has 0 aliphatic rings. The number of aryl methyl sites for hydroxylation is 1. The van der Waals surface area contributed by atoms with Crippen LogP contribution in [0.2, 0.25) is 0 Å². The topological polar surface area (TPSA) is 111 Å². The van der Waals surface area contributed by atoms with E-state index in [4.69, 9.17) is 4.42 Å². The van der Waals surface area contributed by atoms with Gasteiger partial charge in [-0.05, 0) is 47.5 Å². The summed E-state index contributed by atoms with van der Waals surface area (Å²) in [5.41, 5.74) is 0.467. The first kappa shape index (κ1) is 19.7. The lowest BCUT2D eigenvalue weighted by Crippen LogP contribution is -2.31. The molecule has 0 atom stereocenters. The van der Waals surface area contributed by atoms with Crippen LogP contribution in [0.5, 0.6) is 0 Å². The molecule has 0 saturated carbocycles. The summed E-state index contributed by atoms with van der Waals surface area (Å²) >= 11 is 3.31. The number of anilines is 1. The molecule has 2 heterocycles. The van der Waals surface area contributed by atoms with Crippen LogP contribution in [0.4, 0.5) is 11.5 Å². The van der Waals surface area contributed by atoms with Crippen molar-refractivity contribution >= 4 is 44.4 Å². The Balaban J connectivity index is 1.69. The SMILES string of the molecule is CCN(C(=O)CCCn1c(=O)oc2cc([N+](=O)[O-])ccc21)c1ccc(Br)cn1. The number of amides is 1. The van der Waals surface area contributed by atoms with Crippen LogP contribution in [0.15, 0.2) is 50.2 Å². The summed E-state index contributed by atoms with van der Waals surface area (Å²) in [4.78, 5) is 40.7. The number of benzene rings is 1. The van der Waals surface area contributed by atoms with Crippen LogP contribution >= 0.6 is 15.9 Å². The van der Waals surface area contributed by atoms with Gasteiger partial charge in [-0.25, -0.2) is 9.78 Å². The molecule has 0 radical (unpaired) electrons. The van der Waals surface area contributed by atoms with Crippen LogP contribution in [0.3, 0.4) is 0 Å². The Kier molecular flexibility index (Phi) is 5.88. The van der Waals surface area contributed by atoms with E-state index in [2.05, 4.69) is 20.9 Å². The number of hydrogen-bond acceptors (Lipinski definition) is 6. The number of fused-ring (bicyclic) bond motifs is 1. The maximum Gasteiger partial charge on any atom is 0.419 e. The second-order valence-electron chi connectivity index (χ2n) is 6.00. The van der Waals surface area contributed by atoms with E-state index >= 15 is 0 Å². The van der Waals surface area contributed by atoms with Crippen LogP contribution in [0.25, 0.3) is 11.1 Å². The molecule has 0 saturated heterocycles. The van der Waals surface area contributed by atoms with Gasteiger partial charge in [-0.1, -0.05) is 0 Å². The Morgan fingerprint density at radius 1 is 1.36 bits per heavy atom. The molecule has 3 aromatic rings. The molecule has 0 bridgehead atoms. The minimum Gasteiger partial charge on any atom is -0.407 e. The van der Waals surface area contributed by atoms with Gasteiger partial charge in [0.1, 0.15) is 5.82 Å². The maximum absolute atomic E-state index is 12.5. The van der Waals surface area contributed by atoms with Crippen molar-refractivity contribution in [2.24, 2.45) is 0 Å². The summed E-state index contributed by atoms with van der Waals surface area (Å²) in [6, 6.07) is 7.58. The quantitative estimate of drug-likeness (QED) is 0.403. The zero-order valence-electron chi connectivity index (χ0n) is 15.0. The van der Waals surface area contributed by atoms with Gasteiger partial charge in [0.25, 0.3) is 5.69 Å². The van der Waals surface area contributed by atoms with Gasteiger partial charge in [0, 0.05) is 36.2 Å². The molecular weight excluding hydrogens is 432 g/mol. The van der Waals surface area contributed by atoms with Crippen molar-refractivity contribution in [2.45, 2.75) is 26.3 Å². The fourth-order valence-corrected chi connectivity index (χ4v) is 3.13. The molecule has 0 N–H and O–H groups in total. The summed E-state index contributed by atoms with van der Waals surface area (Å²) < 4.78 is 7.29. The third-order valence-corrected chi connectivity index (χ3v) is 4.71. The van der Waals surface area contributed by atoms with Crippen LogP contribution in [0.1, 0.15) is 19.8 Å². The average Bonchev–Trinajstić information content (AvgIpc) is 2.98. The number of hydrogen-bond donors (Lipinski definition) is 0. The molecular formula is C18H17BrN4O5. The fourth-order valence-electron chi connectivity index (χ4n) is 2.90. The first-order chi connectivity index (χ1) is 13.4. The van der Waals surface area contributed by atoms with Crippen molar-refractivity contribution in [1.29, 1.82) is 0 Å². The Morgan fingerprint density at radius 2 is 2.14 bits per heavy atom. The van der Waals surface area contributed by atoms with Crippen LogP contribution in [0, 0.1) is 10.1 Å². The number of carbonyl (C=O) groups is 1. The average molecular weight is 449 g/mol. The van der Waals surface area contributed by atoms with Crippen molar-refractivity contribution in [3.63, 3.8) is 0 Å². The van der Waals surface area contributed by atoms with Crippen molar-refractivity contribution in [3.8, 4) is 0 Å². The molecule has 10 heteroatoms. The molecule has 0 aliphatic heterocycles. The normalized spacial score (nSPS) is 10.9. The van der Waals surface area contributed by atoms with E-state index in [9.17, 15) is 19.7 Å². The lowest BCUT2D eigenvalue weighted by molar-refractivity contribution is -0.384. The summed E-state index contributed by atoms with van der Waals surface area (Å²) in [6.45, 7) is 2.61.